The molecule has 1 saturated heterocycles. The van der Waals surface area contributed by atoms with E-state index >= 15 is 0 Å². The van der Waals surface area contributed by atoms with E-state index in [4.69, 9.17) is 0 Å². The zero-order chi connectivity index (χ0) is 12.4. The summed E-state index contributed by atoms with van der Waals surface area (Å²) in [5, 5.41) is 0.990. The number of nitrogens with zero attached hydrogens (tertiary/aromatic N) is 1. The Morgan fingerprint density at radius 3 is 2.82 bits per heavy atom. The third kappa shape index (κ3) is 2.71. The first-order valence-corrected chi connectivity index (χ1v) is 7.16. The van der Waals surface area contributed by atoms with Crippen molar-refractivity contribution >= 4 is 21.8 Å². The second-order valence-corrected chi connectivity index (χ2v) is 5.53. The molecule has 92 valence electrons. The molecule has 0 bridgehead atoms. The number of likely N-dealkylation sites (tertiary alicyclic amines) is 1. The number of hydrogen-bond donors (Lipinski definition) is 0. The van der Waals surface area contributed by atoms with Gasteiger partial charge in [0.2, 0.25) is 0 Å². The van der Waals surface area contributed by atoms with Gasteiger partial charge in [0.05, 0.1) is 0 Å². The number of amides is 1. The lowest BCUT2D eigenvalue weighted by Crippen LogP contribution is -2.29. The molecule has 0 aromatic heterocycles. The lowest BCUT2D eigenvalue weighted by molar-refractivity contribution is 0.0787. The van der Waals surface area contributed by atoms with Crippen LogP contribution in [0.3, 0.4) is 0 Å². The van der Waals surface area contributed by atoms with Crippen molar-refractivity contribution in [3.05, 3.63) is 34.9 Å². The fourth-order valence-corrected chi connectivity index (χ4v) is 2.90. The summed E-state index contributed by atoms with van der Waals surface area (Å²) >= 11 is 3.50. The van der Waals surface area contributed by atoms with Gasteiger partial charge in [-0.15, -0.1) is 0 Å². The van der Waals surface area contributed by atoms with Crippen LogP contribution in [0, 0.1) is 19.8 Å². The van der Waals surface area contributed by atoms with Crippen molar-refractivity contribution in [1.82, 2.24) is 4.90 Å². The summed E-state index contributed by atoms with van der Waals surface area (Å²) in [7, 11) is 0. The smallest absolute Gasteiger partial charge is 0.254 e. The van der Waals surface area contributed by atoms with Gasteiger partial charge in [0, 0.05) is 24.0 Å². The van der Waals surface area contributed by atoms with E-state index in [1.807, 2.05) is 24.0 Å². The predicted molar refractivity (Wildman–Crippen MR) is 73.7 cm³/mol. The number of rotatable bonds is 2. The van der Waals surface area contributed by atoms with Gasteiger partial charge in [0.25, 0.3) is 5.91 Å². The fraction of sp³-hybridized carbons (Fsp3) is 0.500. The minimum atomic E-state index is 0.186. The van der Waals surface area contributed by atoms with E-state index < -0.39 is 0 Å². The SMILES string of the molecule is Cc1ccc(C(=O)N2CCC(CBr)C2)c(C)c1. The van der Waals surface area contributed by atoms with Gasteiger partial charge >= 0.3 is 0 Å². The Morgan fingerprint density at radius 2 is 2.24 bits per heavy atom. The molecule has 1 heterocycles. The van der Waals surface area contributed by atoms with Crippen LogP contribution < -0.4 is 0 Å². The van der Waals surface area contributed by atoms with Crippen LogP contribution in [0.4, 0.5) is 0 Å². The lowest BCUT2D eigenvalue weighted by atomic mass is 10.0. The van der Waals surface area contributed by atoms with Crippen LogP contribution in [0.5, 0.6) is 0 Å². The van der Waals surface area contributed by atoms with Crippen LogP contribution >= 0.6 is 15.9 Å². The third-order valence-corrected chi connectivity index (χ3v) is 4.32. The normalized spacial score (nSPS) is 19.7. The molecule has 3 heteroatoms. The molecule has 1 atom stereocenters. The number of hydrogen-bond acceptors (Lipinski definition) is 1. The molecular formula is C14H18BrNO. The summed E-state index contributed by atoms with van der Waals surface area (Å²) in [6.45, 7) is 5.84. The Balaban J connectivity index is 2.15. The summed E-state index contributed by atoms with van der Waals surface area (Å²) in [4.78, 5) is 14.3. The summed E-state index contributed by atoms with van der Waals surface area (Å²) in [5.41, 5.74) is 3.14. The van der Waals surface area contributed by atoms with Gasteiger partial charge in [-0.25, -0.2) is 0 Å². The molecular weight excluding hydrogens is 278 g/mol. The van der Waals surface area contributed by atoms with Crippen LogP contribution in [0.1, 0.15) is 27.9 Å². The highest BCUT2D eigenvalue weighted by Crippen LogP contribution is 2.21. The van der Waals surface area contributed by atoms with Gasteiger partial charge in [-0.2, -0.15) is 0 Å². The average Bonchev–Trinajstić information content (AvgIpc) is 2.76. The van der Waals surface area contributed by atoms with E-state index in [2.05, 4.69) is 28.9 Å². The molecule has 1 aliphatic heterocycles. The van der Waals surface area contributed by atoms with Crippen LogP contribution in [-0.2, 0) is 0 Å². The van der Waals surface area contributed by atoms with Gasteiger partial charge in [0.15, 0.2) is 0 Å². The number of benzene rings is 1. The first-order valence-electron chi connectivity index (χ1n) is 6.04. The van der Waals surface area contributed by atoms with E-state index in [9.17, 15) is 4.79 Å². The maximum Gasteiger partial charge on any atom is 0.254 e. The Bertz CT molecular complexity index is 430. The van der Waals surface area contributed by atoms with Gasteiger partial charge in [0.1, 0.15) is 0 Å². The van der Waals surface area contributed by atoms with Crippen LogP contribution in [0.15, 0.2) is 18.2 Å². The first-order chi connectivity index (χ1) is 8.11. The van der Waals surface area contributed by atoms with Crippen LogP contribution in [-0.4, -0.2) is 29.2 Å². The number of halogens is 1. The molecule has 0 radical (unpaired) electrons. The molecule has 1 fully saturated rings. The Morgan fingerprint density at radius 1 is 1.47 bits per heavy atom. The average molecular weight is 296 g/mol. The molecule has 1 aromatic rings. The molecule has 2 rings (SSSR count). The van der Waals surface area contributed by atoms with Crippen molar-refractivity contribution in [2.24, 2.45) is 5.92 Å². The molecule has 1 amide bonds. The Labute approximate surface area is 111 Å². The number of carbonyl (C=O) groups excluding carboxylic acids is 1. The third-order valence-electron chi connectivity index (χ3n) is 3.40. The van der Waals surface area contributed by atoms with Crippen LogP contribution in [0.2, 0.25) is 0 Å². The fourth-order valence-electron chi connectivity index (χ4n) is 2.37. The summed E-state index contributed by atoms with van der Waals surface area (Å²) in [5.74, 6) is 0.802. The summed E-state index contributed by atoms with van der Waals surface area (Å²) in [6, 6.07) is 6.04. The van der Waals surface area contributed by atoms with E-state index in [0.29, 0.717) is 5.92 Å². The minimum Gasteiger partial charge on any atom is -0.338 e. The maximum atomic E-state index is 12.4. The van der Waals surface area contributed by atoms with Crippen molar-refractivity contribution in [2.45, 2.75) is 20.3 Å². The molecule has 0 aliphatic carbocycles. The number of carbonyl (C=O) groups is 1. The highest BCUT2D eigenvalue weighted by molar-refractivity contribution is 9.09. The Hall–Kier alpha value is -0.830. The minimum absolute atomic E-state index is 0.186. The summed E-state index contributed by atoms with van der Waals surface area (Å²) < 4.78 is 0. The highest BCUT2D eigenvalue weighted by atomic mass is 79.9. The standard InChI is InChI=1S/C14H18BrNO/c1-10-3-4-13(11(2)7-10)14(17)16-6-5-12(8-15)9-16/h3-4,7,12H,5-6,8-9H2,1-2H3. The summed E-state index contributed by atoms with van der Waals surface area (Å²) in [6.07, 6.45) is 1.11. The Kier molecular flexibility index (Phi) is 3.87. The molecule has 0 saturated carbocycles. The molecule has 0 N–H and O–H groups in total. The lowest BCUT2D eigenvalue weighted by Gasteiger charge is -2.17. The zero-order valence-corrected chi connectivity index (χ0v) is 12.0. The molecule has 1 aromatic carbocycles. The van der Waals surface area contributed by atoms with E-state index in [1.54, 1.807) is 0 Å². The highest BCUT2D eigenvalue weighted by Gasteiger charge is 2.26. The zero-order valence-electron chi connectivity index (χ0n) is 10.4. The largest absolute Gasteiger partial charge is 0.338 e. The second kappa shape index (κ2) is 5.21. The quantitative estimate of drug-likeness (QED) is 0.768. The maximum absolute atomic E-state index is 12.4. The van der Waals surface area contributed by atoms with E-state index in [0.717, 1.165) is 36.0 Å². The number of aryl methyl sites for hydroxylation is 2. The molecule has 1 aliphatic rings. The topological polar surface area (TPSA) is 20.3 Å². The number of alkyl halides is 1. The van der Waals surface area contributed by atoms with Crippen molar-refractivity contribution in [2.75, 3.05) is 18.4 Å². The van der Waals surface area contributed by atoms with Crippen molar-refractivity contribution in [3.8, 4) is 0 Å². The first kappa shape index (κ1) is 12.6. The van der Waals surface area contributed by atoms with Crippen LogP contribution in [0.25, 0.3) is 0 Å². The van der Waals surface area contributed by atoms with Crippen molar-refractivity contribution in [3.63, 3.8) is 0 Å². The second-order valence-electron chi connectivity index (χ2n) is 4.88. The van der Waals surface area contributed by atoms with E-state index in [1.165, 1.54) is 5.56 Å². The molecule has 0 spiro atoms. The molecule has 17 heavy (non-hydrogen) atoms. The predicted octanol–water partition coefficient (Wildman–Crippen LogP) is 3.16. The molecule has 1 unspecified atom stereocenters. The van der Waals surface area contributed by atoms with Gasteiger partial charge in [-0.05, 0) is 37.8 Å². The van der Waals surface area contributed by atoms with Crippen molar-refractivity contribution < 1.29 is 4.79 Å². The van der Waals surface area contributed by atoms with Crippen molar-refractivity contribution in [1.29, 1.82) is 0 Å². The van der Waals surface area contributed by atoms with E-state index in [-0.39, 0.29) is 5.91 Å². The van der Waals surface area contributed by atoms with Gasteiger partial charge < -0.3 is 4.90 Å². The molecule has 2 nitrogen and oxygen atoms in total. The van der Waals surface area contributed by atoms with Gasteiger partial charge in [-0.1, -0.05) is 33.6 Å². The monoisotopic (exact) mass is 295 g/mol. The van der Waals surface area contributed by atoms with Gasteiger partial charge in [-0.3, -0.25) is 4.79 Å².